The van der Waals surface area contributed by atoms with Crippen molar-refractivity contribution < 1.29 is 4.79 Å². The number of nitrogen functional groups attached to an aromatic ring is 1. The fourth-order valence-corrected chi connectivity index (χ4v) is 2.17. The van der Waals surface area contributed by atoms with Gasteiger partial charge >= 0.3 is 0 Å². The molecule has 0 aliphatic carbocycles. The van der Waals surface area contributed by atoms with Gasteiger partial charge < -0.3 is 10.6 Å². The second kappa shape index (κ2) is 4.16. The monoisotopic (exact) mass is 218 g/mol. The van der Waals surface area contributed by atoms with Crippen LogP contribution in [0.3, 0.4) is 0 Å². The van der Waals surface area contributed by atoms with Crippen LogP contribution in [0, 0.1) is 12.8 Å². The lowest BCUT2D eigenvalue weighted by Gasteiger charge is -2.17. The van der Waals surface area contributed by atoms with E-state index in [-0.39, 0.29) is 11.8 Å². The molecule has 86 valence electrons. The molecule has 16 heavy (non-hydrogen) atoms. The summed E-state index contributed by atoms with van der Waals surface area (Å²) in [7, 11) is 0. The molecule has 1 amide bonds. The minimum absolute atomic E-state index is 0.197. The summed E-state index contributed by atoms with van der Waals surface area (Å²) in [5.41, 5.74) is 8.61. The van der Waals surface area contributed by atoms with Gasteiger partial charge in [-0.2, -0.15) is 0 Å². The van der Waals surface area contributed by atoms with Crippen LogP contribution in [0.15, 0.2) is 18.2 Å². The molecule has 1 saturated heterocycles. The van der Waals surface area contributed by atoms with Crippen LogP contribution in [0.25, 0.3) is 0 Å². The first-order valence-electron chi connectivity index (χ1n) is 5.81. The lowest BCUT2D eigenvalue weighted by Crippen LogP contribution is -2.26. The maximum Gasteiger partial charge on any atom is 0.230 e. The van der Waals surface area contributed by atoms with Crippen LogP contribution in [-0.4, -0.2) is 12.5 Å². The Morgan fingerprint density at radius 2 is 2.25 bits per heavy atom. The first-order valence-corrected chi connectivity index (χ1v) is 5.81. The quantitative estimate of drug-likeness (QED) is 0.774. The molecule has 3 nitrogen and oxygen atoms in total. The van der Waals surface area contributed by atoms with E-state index < -0.39 is 0 Å². The van der Waals surface area contributed by atoms with Crippen LogP contribution in [0.1, 0.15) is 25.3 Å². The minimum atomic E-state index is 0.197. The highest BCUT2D eigenvalue weighted by molar-refractivity contribution is 5.97. The van der Waals surface area contributed by atoms with Gasteiger partial charge in [-0.05, 0) is 37.5 Å². The van der Waals surface area contributed by atoms with Crippen LogP contribution in [0.5, 0.6) is 0 Å². The van der Waals surface area contributed by atoms with Crippen molar-refractivity contribution in [2.75, 3.05) is 17.2 Å². The molecule has 1 aromatic carbocycles. The standard InChI is InChI=1S/C13H18N2O/c1-3-10-6-7-15(13(10)16)11-5-4-9(2)12(14)8-11/h4-5,8,10H,3,6-7,14H2,1-2H3. The van der Waals surface area contributed by atoms with Gasteiger partial charge in [-0.25, -0.2) is 0 Å². The third-order valence-electron chi connectivity index (χ3n) is 3.38. The zero-order valence-electron chi connectivity index (χ0n) is 9.86. The van der Waals surface area contributed by atoms with Crippen molar-refractivity contribution >= 4 is 17.3 Å². The first-order chi connectivity index (χ1) is 7.63. The summed E-state index contributed by atoms with van der Waals surface area (Å²) in [6, 6.07) is 5.84. The molecule has 1 aliphatic rings. The van der Waals surface area contributed by atoms with Crippen LogP contribution >= 0.6 is 0 Å². The van der Waals surface area contributed by atoms with Gasteiger partial charge in [0, 0.05) is 23.8 Å². The first kappa shape index (κ1) is 11.0. The van der Waals surface area contributed by atoms with E-state index >= 15 is 0 Å². The van der Waals surface area contributed by atoms with Crippen LogP contribution in [0.2, 0.25) is 0 Å². The average molecular weight is 218 g/mol. The molecule has 2 rings (SSSR count). The molecule has 0 spiro atoms. The molecule has 1 heterocycles. The zero-order valence-corrected chi connectivity index (χ0v) is 9.86. The highest BCUT2D eigenvalue weighted by Gasteiger charge is 2.30. The van der Waals surface area contributed by atoms with E-state index in [2.05, 4.69) is 6.92 Å². The summed E-state index contributed by atoms with van der Waals surface area (Å²) < 4.78 is 0. The summed E-state index contributed by atoms with van der Waals surface area (Å²) in [6.07, 6.45) is 1.89. The maximum atomic E-state index is 12.0. The van der Waals surface area contributed by atoms with Crippen molar-refractivity contribution in [2.45, 2.75) is 26.7 Å². The Hall–Kier alpha value is -1.51. The second-order valence-electron chi connectivity index (χ2n) is 4.42. The summed E-state index contributed by atoms with van der Waals surface area (Å²) >= 11 is 0. The van der Waals surface area contributed by atoms with Crippen molar-refractivity contribution in [2.24, 2.45) is 5.92 Å². The van der Waals surface area contributed by atoms with Crippen molar-refractivity contribution in [3.05, 3.63) is 23.8 Å². The predicted octanol–water partition coefficient (Wildman–Crippen LogP) is 2.34. The molecule has 0 aromatic heterocycles. The fraction of sp³-hybridized carbons (Fsp3) is 0.462. The molecular weight excluding hydrogens is 200 g/mol. The Balaban J connectivity index is 2.25. The van der Waals surface area contributed by atoms with Crippen molar-refractivity contribution in [3.63, 3.8) is 0 Å². The molecule has 0 radical (unpaired) electrons. The number of nitrogens with two attached hydrogens (primary N) is 1. The third-order valence-corrected chi connectivity index (χ3v) is 3.38. The highest BCUT2D eigenvalue weighted by Crippen LogP contribution is 2.28. The van der Waals surface area contributed by atoms with Gasteiger partial charge in [0.25, 0.3) is 0 Å². The molecule has 2 N–H and O–H groups in total. The Morgan fingerprint density at radius 1 is 1.50 bits per heavy atom. The third kappa shape index (κ3) is 1.77. The number of anilines is 2. The Bertz CT molecular complexity index is 414. The lowest BCUT2D eigenvalue weighted by atomic mass is 10.1. The van der Waals surface area contributed by atoms with Gasteiger partial charge in [-0.15, -0.1) is 0 Å². The van der Waals surface area contributed by atoms with E-state index in [0.29, 0.717) is 0 Å². The van der Waals surface area contributed by atoms with Crippen molar-refractivity contribution in [1.82, 2.24) is 0 Å². The lowest BCUT2D eigenvalue weighted by molar-refractivity contribution is -0.120. The summed E-state index contributed by atoms with van der Waals surface area (Å²) in [4.78, 5) is 13.9. The van der Waals surface area contributed by atoms with Crippen LogP contribution in [0.4, 0.5) is 11.4 Å². The van der Waals surface area contributed by atoms with E-state index in [0.717, 1.165) is 36.3 Å². The number of carbonyl (C=O) groups is 1. The molecule has 1 aliphatic heterocycles. The topological polar surface area (TPSA) is 46.3 Å². The predicted molar refractivity (Wildman–Crippen MR) is 66.3 cm³/mol. The molecule has 0 bridgehead atoms. The van der Waals surface area contributed by atoms with Gasteiger partial charge in [0.2, 0.25) is 5.91 Å². The number of carbonyl (C=O) groups excluding carboxylic acids is 1. The number of hydrogen-bond donors (Lipinski definition) is 1. The zero-order chi connectivity index (χ0) is 11.7. The highest BCUT2D eigenvalue weighted by atomic mass is 16.2. The number of hydrogen-bond acceptors (Lipinski definition) is 2. The van der Waals surface area contributed by atoms with Gasteiger partial charge in [-0.3, -0.25) is 4.79 Å². The number of benzene rings is 1. The molecule has 0 saturated carbocycles. The Labute approximate surface area is 96.2 Å². The summed E-state index contributed by atoms with van der Waals surface area (Å²) in [5.74, 6) is 0.438. The van der Waals surface area contributed by atoms with Gasteiger partial charge in [-0.1, -0.05) is 13.0 Å². The van der Waals surface area contributed by atoms with E-state index in [1.807, 2.05) is 30.0 Å². The fourth-order valence-electron chi connectivity index (χ4n) is 2.17. The number of rotatable bonds is 2. The number of amides is 1. The average Bonchev–Trinajstić information content (AvgIpc) is 2.64. The Kier molecular flexibility index (Phi) is 2.86. The minimum Gasteiger partial charge on any atom is -0.398 e. The summed E-state index contributed by atoms with van der Waals surface area (Å²) in [6.45, 7) is 4.86. The molecule has 1 fully saturated rings. The smallest absolute Gasteiger partial charge is 0.230 e. The van der Waals surface area contributed by atoms with E-state index in [4.69, 9.17) is 5.73 Å². The summed E-state index contributed by atoms with van der Waals surface area (Å²) in [5, 5.41) is 0. The number of nitrogens with zero attached hydrogens (tertiary/aromatic N) is 1. The number of aryl methyl sites for hydroxylation is 1. The molecule has 1 unspecified atom stereocenters. The van der Waals surface area contributed by atoms with E-state index in [9.17, 15) is 4.79 Å². The molecule has 3 heteroatoms. The van der Waals surface area contributed by atoms with E-state index in [1.54, 1.807) is 0 Å². The van der Waals surface area contributed by atoms with E-state index in [1.165, 1.54) is 0 Å². The molecule has 1 aromatic rings. The van der Waals surface area contributed by atoms with Gasteiger partial charge in [0.1, 0.15) is 0 Å². The van der Waals surface area contributed by atoms with Gasteiger partial charge in [0.15, 0.2) is 0 Å². The van der Waals surface area contributed by atoms with Crippen molar-refractivity contribution in [1.29, 1.82) is 0 Å². The SMILES string of the molecule is CCC1CCN(c2ccc(C)c(N)c2)C1=O. The van der Waals surface area contributed by atoms with Gasteiger partial charge in [0.05, 0.1) is 0 Å². The van der Waals surface area contributed by atoms with Crippen LogP contribution < -0.4 is 10.6 Å². The van der Waals surface area contributed by atoms with Crippen LogP contribution in [-0.2, 0) is 4.79 Å². The normalized spacial score (nSPS) is 20.5. The molecular formula is C13H18N2O. The Morgan fingerprint density at radius 3 is 2.81 bits per heavy atom. The largest absolute Gasteiger partial charge is 0.398 e. The maximum absolute atomic E-state index is 12.0. The van der Waals surface area contributed by atoms with Crippen molar-refractivity contribution in [3.8, 4) is 0 Å². The second-order valence-corrected chi connectivity index (χ2v) is 4.42. The molecule has 1 atom stereocenters.